The Balaban J connectivity index is 1.64. The average molecular weight is 425 g/mol. The molecule has 30 heavy (non-hydrogen) atoms. The topological polar surface area (TPSA) is 60.5 Å². The smallest absolute Gasteiger partial charge is 0.251 e. The third-order valence-corrected chi connectivity index (χ3v) is 5.54. The number of thiazole rings is 1. The van der Waals surface area contributed by atoms with Gasteiger partial charge in [-0.2, -0.15) is 0 Å². The van der Waals surface area contributed by atoms with E-state index in [0.717, 1.165) is 29.1 Å². The van der Waals surface area contributed by atoms with Crippen LogP contribution >= 0.6 is 11.3 Å². The van der Waals surface area contributed by atoms with E-state index in [9.17, 15) is 4.79 Å². The lowest BCUT2D eigenvalue weighted by atomic mass is 10.1. The molecule has 0 radical (unpaired) electrons. The zero-order chi connectivity index (χ0) is 21.3. The SMILES string of the molecule is CCCCOc1ccc(C(=O)NCc2csc(-c3ccccc3C)n2)cc1OCC. The molecule has 0 fully saturated rings. The molecule has 1 heterocycles. The van der Waals surface area contributed by atoms with Gasteiger partial charge in [0.05, 0.1) is 25.5 Å². The Morgan fingerprint density at radius 1 is 1.10 bits per heavy atom. The minimum Gasteiger partial charge on any atom is -0.490 e. The Morgan fingerprint density at radius 3 is 2.70 bits per heavy atom. The van der Waals surface area contributed by atoms with Gasteiger partial charge in [0.25, 0.3) is 5.91 Å². The van der Waals surface area contributed by atoms with E-state index < -0.39 is 0 Å². The van der Waals surface area contributed by atoms with Crippen molar-refractivity contribution in [3.05, 3.63) is 64.7 Å². The van der Waals surface area contributed by atoms with Gasteiger partial charge in [-0.1, -0.05) is 37.6 Å². The molecule has 5 nitrogen and oxygen atoms in total. The molecule has 2 aromatic carbocycles. The highest BCUT2D eigenvalue weighted by atomic mass is 32.1. The van der Waals surface area contributed by atoms with Gasteiger partial charge in [-0.15, -0.1) is 11.3 Å². The first kappa shape index (κ1) is 21.8. The van der Waals surface area contributed by atoms with Crippen molar-refractivity contribution in [1.82, 2.24) is 10.3 Å². The standard InChI is InChI=1S/C24H28N2O3S/c1-4-6-13-29-21-12-11-18(14-22(21)28-5-2)23(27)25-15-19-16-30-24(26-19)20-10-8-7-9-17(20)3/h7-12,14,16H,4-6,13,15H2,1-3H3,(H,25,27). The van der Waals surface area contributed by atoms with Crippen LogP contribution in [0.5, 0.6) is 11.5 Å². The first-order chi connectivity index (χ1) is 14.6. The fraction of sp³-hybridized carbons (Fsp3) is 0.333. The third kappa shape index (κ3) is 5.60. The quantitative estimate of drug-likeness (QED) is 0.429. The van der Waals surface area contributed by atoms with Gasteiger partial charge in [0.2, 0.25) is 0 Å². The van der Waals surface area contributed by atoms with E-state index in [4.69, 9.17) is 9.47 Å². The number of ether oxygens (including phenoxy) is 2. The van der Waals surface area contributed by atoms with Crippen LogP contribution < -0.4 is 14.8 Å². The van der Waals surface area contributed by atoms with E-state index in [1.54, 1.807) is 29.5 Å². The summed E-state index contributed by atoms with van der Waals surface area (Å²) in [6, 6.07) is 13.5. The first-order valence-electron chi connectivity index (χ1n) is 10.3. The number of nitrogens with zero attached hydrogens (tertiary/aromatic N) is 1. The number of benzene rings is 2. The summed E-state index contributed by atoms with van der Waals surface area (Å²) in [6.45, 7) is 7.62. The molecule has 0 unspecified atom stereocenters. The molecule has 0 bridgehead atoms. The second-order valence-electron chi connectivity index (χ2n) is 6.94. The Morgan fingerprint density at radius 2 is 1.93 bits per heavy atom. The maximum absolute atomic E-state index is 12.6. The van der Waals surface area contributed by atoms with Gasteiger partial charge >= 0.3 is 0 Å². The number of hydrogen-bond donors (Lipinski definition) is 1. The molecule has 6 heteroatoms. The van der Waals surface area contributed by atoms with Crippen LogP contribution in [0.1, 0.15) is 48.3 Å². The molecule has 3 rings (SSSR count). The number of nitrogens with one attached hydrogen (secondary N) is 1. The molecule has 0 aliphatic carbocycles. The molecule has 1 N–H and O–H groups in total. The molecular formula is C24H28N2O3S. The van der Waals surface area contributed by atoms with Crippen molar-refractivity contribution < 1.29 is 14.3 Å². The minimum absolute atomic E-state index is 0.165. The lowest BCUT2D eigenvalue weighted by Crippen LogP contribution is -2.23. The van der Waals surface area contributed by atoms with Crippen LogP contribution in [0.3, 0.4) is 0 Å². The number of aromatic nitrogens is 1. The van der Waals surface area contributed by atoms with Crippen LogP contribution in [-0.2, 0) is 6.54 Å². The number of amides is 1. The predicted molar refractivity (Wildman–Crippen MR) is 121 cm³/mol. The van der Waals surface area contributed by atoms with E-state index in [1.165, 1.54) is 5.56 Å². The van der Waals surface area contributed by atoms with E-state index in [1.807, 2.05) is 24.4 Å². The van der Waals surface area contributed by atoms with E-state index in [2.05, 4.69) is 36.3 Å². The minimum atomic E-state index is -0.165. The van der Waals surface area contributed by atoms with Gasteiger partial charge in [-0.25, -0.2) is 4.98 Å². The molecule has 0 saturated carbocycles. The number of carbonyl (C=O) groups excluding carboxylic acids is 1. The van der Waals surface area contributed by atoms with E-state index in [0.29, 0.717) is 36.8 Å². The van der Waals surface area contributed by atoms with Crippen molar-refractivity contribution in [2.45, 2.75) is 40.2 Å². The first-order valence-corrected chi connectivity index (χ1v) is 11.2. The Hall–Kier alpha value is -2.86. The molecule has 0 aliphatic rings. The molecule has 1 amide bonds. The number of unbranched alkanes of at least 4 members (excludes halogenated alkanes) is 1. The van der Waals surface area contributed by atoms with Crippen molar-refractivity contribution in [3.63, 3.8) is 0 Å². The highest BCUT2D eigenvalue weighted by Crippen LogP contribution is 2.29. The lowest BCUT2D eigenvalue weighted by molar-refractivity contribution is 0.0950. The van der Waals surface area contributed by atoms with Gasteiger partial charge in [0, 0.05) is 16.5 Å². The van der Waals surface area contributed by atoms with Gasteiger partial charge in [0.1, 0.15) is 5.01 Å². The van der Waals surface area contributed by atoms with Gasteiger partial charge in [-0.3, -0.25) is 4.79 Å². The second-order valence-corrected chi connectivity index (χ2v) is 7.80. The summed E-state index contributed by atoms with van der Waals surface area (Å²) >= 11 is 1.59. The predicted octanol–water partition coefficient (Wildman–Crippen LogP) is 5.63. The van der Waals surface area contributed by atoms with E-state index >= 15 is 0 Å². The molecule has 0 saturated heterocycles. The molecular weight excluding hydrogens is 396 g/mol. The summed E-state index contributed by atoms with van der Waals surface area (Å²) in [7, 11) is 0. The number of carbonyl (C=O) groups is 1. The van der Waals surface area contributed by atoms with Crippen LogP contribution in [0.25, 0.3) is 10.6 Å². The molecule has 3 aromatic rings. The van der Waals surface area contributed by atoms with Crippen molar-refractivity contribution in [2.24, 2.45) is 0 Å². The highest BCUT2D eigenvalue weighted by molar-refractivity contribution is 7.13. The molecule has 0 aliphatic heterocycles. The van der Waals surface area contributed by atoms with Gasteiger partial charge in [0.15, 0.2) is 11.5 Å². The largest absolute Gasteiger partial charge is 0.490 e. The maximum Gasteiger partial charge on any atom is 0.251 e. The average Bonchev–Trinajstić information content (AvgIpc) is 3.22. The van der Waals surface area contributed by atoms with Gasteiger partial charge < -0.3 is 14.8 Å². The van der Waals surface area contributed by atoms with Crippen molar-refractivity contribution in [2.75, 3.05) is 13.2 Å². The zero-order valence-corrected chi connectivity index (χ0v) is 18.6. The molecule has 158 valence electrons. The summed E-state index contributed by atoms with van der Waals surface area (Å²) in [5, 5.41) is 5.89. The fourth-order valence-electron chi connectivity index (χ4n) is 2.96. The number of hydrogen-bond acceptors (Lipinski definition) is 5. The number of rotatable bonds is 10. The molecule has 1 aromatic heterocycles. The van der Waals surface area contributed by atoms with Crippen LogP contribution in [0, 0.1) is 6.92 Å². The summed E-state index contributed by atoms with van der Waals surface area (Å²) in [6.07, 6.45) is 2.04. The van der Waals surface area contributed by atoms with Crippen molar-refractivity contribution in [1.29, 1.82) is 0 Å². The summed E-state index contributed by atoms with van der Waals surface area (Å²) in [5.41, 5.74) is 3.69. The fourth-order valence-corrected chi connectivity index (χ4v) is 3.87. The number of aryl methyl sites for hydroxylation is 1. The van der Waals surface area contributed by atoms with Crippen LogP contribution in [0.2, 0.25) is 0 Å². The highest BCUT2D eigenvalue weighted by Gasteiger charge is 2.13. The Bertz CT molecular complexity index is 984. The maximum atomic E-state index is 12.6. The summed E-state index contributed by atoms with van der Waals surface area (Å²) < 4.78 is 11.5. The van der Waals surface area contributed by atoms with Crippen LogP contribution in [0.4, 0.5) is 0 Å². The molecule has 0 spiro atoms. The van der Waals surface area contributed by atoms with Crippen LogP contribution in [-0.4, -0.2) is 24.1 Å². The zero-order valence-electron chi connectivity index (χ0n) is 17.7. The second kappa shape index (κ2) is 10.8. The van der Waals surface area contributed by atoms with Crippen molar-refractivity contribution in [3.8, 4) is 22.1 Å². The summed E-state index contributed by atoms with van der Waals surface area (Å²) in [5.74, 6) is 1.10. The molecule has 0 atom stereocenters. The van der Waals surface area contributed by atoms with Crippen LogP contribution in [0.15, 0.2) is 47.8 Å². The monoisotopic (exact) mass is 424 g/mol. The Labute approximate surface area is 182 Å². The summed E-state index contributed by atoms with van der Waals surface area (Å²) in [4.78, 5) is 17.3. The normalized spacial score (nSPS) is 10.6. The van der Waals surface area contributed by atoms with Gasteiger partial charge in [-0.05, 0) is 44.0 Å². The van der Waals surface area contributed by atoms with E-state index in [-0.39, 0.29) is 5.91 Å². The lowest BCUT2D eigenvalue weighted by Gasteiger charge is -2.13. The third-order valence-electron chi connectivity index (χ3n) is 4.62. The van der Waals surface area contributed by atoms with Crippen molar-refractivity contribution >= 4 is 17.2 Å². The Kier molecular flexibility index (Phi) is 7.85.